The van der Waals surface area contributed by atoms with Crippen LogP contribution in [0.15, 0.2) is 12.3 Å². The summed E-state index contributed by atoms with van der Waals surface area (Å²) in [6, 6.07) is 1.87. The van der Waals surface area contributed by atoms with Gasteiger partial charge in [0.05, 0.1) is 5.92 Å². The van der Waals surface area contributed by atoms with Crippen LogP contribution in [-0.2, 0) is 4.79 Å². The number of hydrogen-bond acceptors (Lipinski definition) is 5. The molecule has 2 rings (SSSR count). The summed E-state index contributed by atoms with van der Waals surface area (Å²) in [7, 11) is 0. The molecule has 1 aliphatic rings. The predicted molar refractivity (Wildman–Crippen MR) is 73.8 cm³/mol. The molecule has 2 heterocycles. The van der Waals surface area contributed by atoms with Crippen molar-refractivity contribution < 1.29 is 4.79 Å². The Morgan fingerprint density at radius 3 is 3.21 bits per heavy atom. The fourth-order valence-electron chi connectivity index (χ4n) is 2.30. The zero-order chi connectivity index (χ0) is 13.7. The van der Waals surface area contributed by atoms with Crippen molar-refractivity contribution in [3.8, 4) is 0 Å². The third kappa shape index (κ3) is 3.64. The molecule has 1 atom stereocenters. The molecule has 1 saturated heterocycles. The molecule has 0 bridgehead atoms. The highest BCUT2D eigenvalue weighted by molar-refractivity contribution is 5.79. The van der Waals surface area contributed by atoms with Crippen molar-refractivity contribution in [3.05, 3.63) is 18.0 Å². The minimum absolute atomic E-state index is 0.00409. The number of aromatic nitrogens is 2. The molecule has 0 aliphatic carbocycles. The third-order valence-corrected chi connectivity index (χ3v) is 3.30. The molecule has 3 N–H and O–H groups in total. The summed E-state index contributed by atoms with van der Waals surface area (Å²) in [6.45, 7) is 4.55. The molecule has 0 spiro atoms. The van der Waals surface area contributed by atoms with Crippen LogP contribution in [0.3, 0.4) is 0 Å². The van der Waals surface area contributed by atoms with Crippen LogP contribution in [0.5, 0.6) is 0 Å². The van der Waals surface area contributed by atoms with Gasteiger partial charge < -0.3 is 16.0 Å². The normalized spacial score (nSPS) is 19.3. The Labute approximate surface area is 113 Å². The van der Waals surface area contributed by atoms with Crippen LogP contribution in [0, 0.1) is 12.8 Å². The van der Waals surface area contributed by atoms with Gasteiger partial charge in [-0.25, -0.2) is 9.97 Å². The Hall–Kier alpha value is -1.69. The van der Waals surface area contributed by atoms with E-state index in [1.165, 1.54) is 0 Å². The van der Waals surface area contributed by atoms with Crippen LogP contribution >= 0.6 is 0 Å². The minimum Gasteiger partial charge on any atom is -0.355 e. The van der Waals surface area contributed by atoms with E-state index in [2.05, 4.69) is 20.2 Å². The average molecular weight is 263 g/mol. The molecular weight excluding hydrogens is 242 g/mol. The van der Waals surface area contributed by atoms with Gasteiger partial charge in [-0.05, 0) is 25.8 Å². The molecule has 1 unspecified atom stereocenters. The highest BCUT2D eigenvalue weighted by atomic mass is 16.1. The van der Waals surface area contributed by atoms with Gasteiger partial charge in [0.2, 0.25) is 11.9 Å². The van der Waals surface area contributed by atoms with E-state index in [4.69, 9.17) is 5.73 Å². The molecular formula is C13H21N5O. The number of anilines is 1. The second kappa shape index (κ2) is 6.47. The van der Waals surface area contributed by atoms with E-state index in [1.54, 1.807) is 6.20 Å². The molecule has 104 valence electrons. The molecule has 1 amide bonds. The zero-order valence-corrected chi connectivity index (χ0v) is 11.3. The van der Waals surface area contributed by atoms with Crippen molar-refractivity contribution in [1.29, 1.82) is 0 Å². The molecule has 6 nitrogen and oxygen atoms in total. The van der Waals surface area contributed by atoms with E-state index in [-0.39, 0.29) is 11.8 Å². The molecule has 1 fully saturated rings. The minimum atomic E-state index is 0.00409. The largest absolute Gasteiger partial charge is 0.355 e. The lowest BCUT2D eigenvalue weighted by Crippen LogP contribution is -2.44. The third-order valence-electron chi connectivity index (χ3n) is 3.30. The summed E-state index contributed by atoms with van der Waals surface area (Å²) in [4.78, 5) is 22.8. The molecule has 0 aromatic carbocycles. The number of piperidine rings is 1. The number of aryl methyl sites for hydroxylation is 1. The van der Waals surface area contributed by atoms with Crippen LogP contribution in [0.4, 0.5) is 5.95 Å². The first kappa shape index (κ1) is 13.7. The summed E-state index contributed by atoms with van der Waals surface area (Å²) in [5, 5.41) is 2.85. The molecule has 6 heteroatoms. The zero-order valence-electron chi connectivity index (χ0n) is 11.3. The first-order valence-corrected chi connectivity index (χ1v) is 6.73. The lowest BCUT2D eigenvalue weighted by molar-refractivity contribution is -0.125. The van der Waals surface area contributed by atoms with Gasteiger partial charge in [-0.2, -0.15) is 0 Å². The van der Waals surface area contributed by atoms with Gasteiger partial charge in [0.25, 0.3) is 0 Å². The van der Waals surface area contributed by atoms with Gasteiger partial charge in [0.1, 0.15) is 0 Å². The lowest BCUT2D eigenvalue weighted by atomic mass is 9.97. The highest BCUT2D eigenvalue weighted by Gasteiger charge is 2.26. The molecule has 1 aliphatic heterocycles. The molecule has 0 radical (unpaired) electrons. The Morgan fingerprint density at radius 1 is 1.63 bits per heavy atom. The van der Waals surface area contributed by atoms with E-state index >= 15 is 0 Å². The standard InChI is InChI=1S/C13H21N5O/c1-10-4-6-16-13(17-10)18-8-2-3-11(9-18)12(19)15-7-5-14/h4,6,11H,2-3,5,7-9,14H2,1H3,(H,15,19). The summed E-state index contributed by atoms with van der Waals surface area (Å²) >= 11 is 0. The number of rotatable bonds is 4. The molecule has 1 aromatic heterocycles. The van der Waals surface area contributed by atoms with Crippen molar-refractivity contribution in [1.82, 2.24) is 15.3 Å². The van der Waals surface area contributed by atoms with Crippen molar-refractivity contribution in [3.63, 3.8) is 0 Å². The van der Waals surface area contributed by atoms with Gasteiger partial charge in [0, 0.05) is 38.1 Å². The van der Waals surface area contributed by atoms with Gasteiger partial charge >= 0.3 is 0 Å². The number of carbonyl (C=O) groups excluding carboxylic acids is 1. The summed E-state index contributed by atoms with van der Waals surface area (Å²) in [5.74, 6) is 0.809. The van der Waals surface area contributed by atoms with E-state index in [1.807, 2.05) is 13.0 Å². The number of nitrogens with zero attached hydrogens (tertiary/aromatic N) is 3. The second-order valence-electron chi connectivity index (χ2n) is 4.86. The van der Waals surface area contributed by atoms with Crippen LogP contribution in [0.2, 0.25) is 0 Å². The van der Waals surface area contributed by atoms with E-state index < -0.39 is 0 Å². The maximum atomic E-state index is 12.0. The Morgan fingerprint density at radius 2 is 2.47 bits per heavy atom. The Balaban J connectivity index is 1.99. The number of nitrogens with two attached hydrogens (primary N) is 1. The number of hydrogen-bond donors (Lipinski definition) is 2. The lowest BCUT2D eigenvalue weighted by Gasteiger charge is -2.32. The van der Waals surface area contributed by atoms with Crippen molar-refractivity contribution in [2.24, 2.45) is 11.7 Å². The predicted octanol–water partition coefficient (Wildman–Crippen LogP) is 0.0763. The Kier molecular flexibility index (Phi) is 4.68. The molecule has 1 aromatic rings. The monoisotopic (exact) mass is 263 g/mol. The molecule has 0 saturated carbocycles. The topological polar surface area (TPSA) is 84.1 Å². The fraction of sp³-hybridized carbons (Fsp3) is 0.615. The SMILES string of the molecule is Cc1ccnc(N2CCCC(C(=O)NCCN)C2)n1. The van der Waals surface area contributed by atoms with E-state index in [9.17, 15) is 4.79 Å². The van der Waals surface area contributed by atoms with Gasteiger partial charge in [-0.3, -0.25) is 4.79 Å². The number of carbonyl (C=O) groups is 1. The maximum absolute atomic E-state index is 12.0. The van der Waals surface area contributed by atoms with Crippen molar-refractivity contribution >= 4 is 11.9 Å². The molecule has 19 heavy (non-hydrogen) atoms. The Bertz CT molecular complexity index is 437. The van der Waals surface area contributed by atoms with Gasteiger partial charge in [-0.15, -0.1) is 0 Å². The van der Waals surface area contributed by atoms with Crippen LogP contribution in [-0.4, -0.2) is 42.1 Å². The highest BCUT2D eigenvalue weighted by Crippen LogP contribution is 2.20. The van der Waals surface area contributed by atoms with E-state index in [0.717, 1.165) is 31.0 Å². The average Bonchev–Trinajstić information content (AvgIpc) is 2.45. The van der Waals surface area contributed by atoms with E-state index in [0.29, 0.717) is 19.6 Å². The smallest absolute Gasteiger partial charge is 0.225 e. The number of nitrogens with one attached hydrogen (secondary N) is 1. The quantitative estimate of drug-likeness (QED) is 0.803. The number of amides is 1. The van der Waals surface area contributed by atoms with Gasteiger partial charge in [-0.1, -0.05) is 0 Å². The summed E-state index contributed by atoms with van der Waals surface area (Å²) in [6.07, 6.45) is 3.66. The summed E-state index contributed by atoms with van der Waals surface area (Å²) < 4.78 is 0. The van der Waals surface area contributed by atoms with Crippen LogP contribution in [0.25, 0.3) is 0 Å². The van der Waals surface area contributed by atoms with Crippen molar-refractivity contribution in [2.45, 2.75) is 19.8 Å². The first-order chi connectivity index (χ1) is 9.20. The van der Waals surface area contributed by atoms with Crippen LogP contribution < -0.4 is 16.0 Å². The second-order valence-corrected chi connectivity index (χ2v) is 4.86. The maximum Gasteiger partial charge on any atom is 0.225 e. The van der Waals surface area contributed by atoms with Crippen molar-refractivity contribution in [2.75, 3.05) is 31.1 Å². The first-order valence-electron chi connectivity index (χ1n) is 6.73. The van der Waals surface area contributed by atoms with Crippen LogP contribution in [0.1, 0.15) is 18.5 Å². The summed E-state index contributed by atoms with van der Waals surface area (Å²) in [5.41, 5.74) is 6.34. The fourth-order valence-corrected chi connectivity index (χ4v) is 2.30. The van der Waals surface area contributed by atoms with Gasteiger partial charge in [0.15, 0.2) is 0 Å².